The molecule has 1 atom stereocenters. The van der Waals surface area contributed by atoms with E-state index in [2.05, 4.69) is 0 Å². The predicted octanol–water partition coefficient (Wildman–Crippen LogP) is 4.98. The smallest absolute Gasteiger partial charge is 0.319 e. The lowest BCUT2D eigenvalue weighted by Crippen LogP contribution is -2.45. The van der Waals surface area contributed by atoms with Gasteiger partial charge in [0.2, 0.25) is 0 Å². The molecule has 0 amide bonds. The van der Waals surface area contributed by atoms with Crippen LogP contribution in [0.1, 0.15) is 17.2 Å². The molecule has 1 nitrogen and oxygen atoms in total. The average molecular weight is 364 g/mol. The van der Waals surface area contributed by atoms with Crippen molar-refractivity contribution in [2.75, 3.05) is 0 Å². The molecule has 11 heteroatoms. The van der Waals surface area contributed by atoms with Crippen molar-refractivity contribution >= 4 is 24.0 Å². The van der Waals surface area contributed by atoms with Crippen molar-refractivity contribution < 1.29 is 35.1 Å². The summed E-state index contributed by atoms with van der Waals surface area (Å²) in [6.45, 7) is 0. The summed E-state index contributed by atoms with van der Waals surface area (Å²) in [6, 6.07) is -1.79. The van der Waals surface area contributed by atoms with Gasteiger partial charge in [-0.1, -0.05) is 17.7 Å². The molecule has 0 radical (unpaired) electrons. The van der Waals surface area contributed by atoms with Gasteiger partial charge in [-0.3, -0.25) is 0 Å². The molecule has 122 valence electrons. The molecule has 2 N–H and O–H groups in total. The number of nitrogens with two attached hydrogens (primary N) is 1. The minimum atomic E-state index is -5.93. The minimum Gasteiger partial charge on any atom is -0.319 e. The van der Waals surface area contributed by atoms with Crippen molar-refractivity contribution in [2.24, 2.45) is 5.73 Å². The number of benzene rings is 1. The Kier molecular flexibility index (Phi) is 5.90. The molecule has 0 saturated carbocycles. The third-order valence-electron chi connectivity index (χ3n) is 2.43. The van der Waals surface area contributed by atoms with E-state index < -0.39 is 40.5 Å². The van der Waals surface area contributed by atoms with Gasteiger partial charge in [-0.2, -0.15) is 35.1 Å². The molecule has 0 aromatic heterocycles. The van der Waals surface area contributed by atoms with Crippen molar-refractivity contribution in [3.05, 3.63) is 34.3 Å². The van der Waals surface area contributed by atoms with E-state index in [4.69, 9.17) is 17.3 Å². The first-order valence-electron chi connectivity index (χ1n) is 4.85. The Bertz CT molecular complexity index is 497. The normalized spacial score (nSPS) is 14.6. The van der Waals surface area contributed by atoms with Gasteiger partial charge >= 0.3 is 18.3 Å². The van der Waals surface area contributed by atoms with Crippen molar-refractivity contribution in [1.82, 2.24) is 0 Å². The van der Waals surface area contributed by atoms with Gasteiger partial charge in [-0.05, 0) is 17.7 Å². The van der Waals surface area contributed by atoms with Gasteiger partial charge in [0.15, 0.2) is 0 Å². The molecule has 0 unspecified atom stereocenters. The van der Waals surface area contributed by atoms with Crippen molar-refractivity contribution in [1.29, 1.82) is 0 Å². The molecule has 1 rings (SSSR count). The molecule has 0 heterocycles. The van der Waals surface area contributed by atoms with Crippen molar-refractivity contribution in [3.63, 3.8) is 0 Å². The number of halogens is 10. The first kappa shape index (κ1) is 20.2. The standard InChI is InChI=1S/C10H6ClF8N.ClH/c11-6-3-4(1-2-5(6)9(14,15)16)7(20)8(12,13)10(17,18)19;/h1-3,7H,20H2;1H/t7-;/m0./s1. The summed E-state index contributed by atoms with van der Waals surface area (Å²) in [7, 11) is 0. The molecular weight excluding hydrogens is 357 g/mol. The average Bonchev–Trinajstić information content (AvgIpc) is 2.24. The number of hydrogen-bond donors (Lipinski definition) is 1. The molecule has 21 heavy (non-hydrogen) atoms. The highest BCUT2D eigenvalue weighted by molar-refractivity contribution is 6.31. The van der Waals surface area contributed by atoms with Crippen LogP contribution in [0.15, 0.2) is 18.2 Å². The number of alkyl halides is 8. The molecule has 0 saturated heterocycles. The molecule has 1 aromatic carbocycles. The molecule has 1 aromatic rings. The zero-order valence-electron chi connectivity index (χ0n) is 9.70. The van der Waals surface area contributed by atoms with Crippen LogP contribution in [0, 0.1) is 0 Å². The van der Waals surface area contributed by atoms with Gasteiger partial charge in [0.05, 0.1) is 10.6 Å². The van der Waals surface area contributed by atoms with Crippen LogP contribution < -0.4 is 5.73 Å². The second-order valence-corrected chi connectivity index (χ2v) is 4.24. The van der Waals surface area contributed by atoms with E-state index in [-0.39, 0.29) is 12.4 Å². The fraction of sp³-hybridized carbons (Fsp3) is 0.400. The third-order valence-corrected chi connectivity index (χ3v) is 2.74. The molecule has 0 aliphatic rings. The van der Waals surface area contributed by atoms with Crippen LogP contribution in [0.2, 0.25) is 5.02 Å². The fourth-order valence-electron chi connectivity index (χ4n) is 1.34. The van der Waals surface area contributed by atoms with E-state index in [1.165, 1.54) is 0 Å². The van der Waals surface area contributed by atoms with Gasteiger partial charge in [-0.25, -0.2) is 0 Å². The van der Waals surface area contributed by atoms with E-state index in [1.54, 1.807) is 0 Å². The van der Waals surface area contributed by atoms with Crippen LogP contribution in [-0.2, 0) is 6.18 Å². The van der Waals surface area contributed by atoms with Gasteiger partial charge in [0.25, 0.3) is 0 Å². The maximum Gasteiger partial charge on any atom is 0.455 e. The van der Waals surface area contributed by atoms with Gasteiger partial charge < -0.3 is 5.73 Å². The summed E-state index contributed by atoms with van der Waals surface area (Å²) in [5.74, 6) is -5.30. The highest BCUT2D eigenvalue weighted by Gasteiger charge is 2.61. The summed E-state index contributed by atoms with van der Waals surface area (Å²) in [4.78, 5) is 0. The largest absolute Gasteiger partial charge is 0.455 e. The maximum absolute atomic E-state index is 13.0. The minimum absolute atomic E-state index is 0. The van der Waals surface area contributed by atoms with Crippen molar-refractivity contribution in [2.45, 2.75) is 24.3 Å². The first-order chi connectivity index (χ1) is 8.78. The summed E-state index contributed by atoms with van der Waals surface area (Å²) < 4.78 is 99.3. The van der Waals surface area contributed by atoms with E-state index >= 15 is 0 Å². The number of rotatable bonds is 2. The van der Waals surface area contributed by atoms with E-state index in [0.29, 0.717) is 18.2 Å². The summed E-state index contributed by atoms with van der Waals surface area (Å²) in [6.07, 6.45) is -10.8. The van der Waals surface area contributed by atoms with E-state index in [9.17, 15) is 35.1 Å². The Morgan fingerprint density at radius 1 is 0.952 bits per heavy atom. The Morgan fingerprint density at radius 3 is 1.76 bits per heavy atom. The maximum atomic E-state index is 13.0. The van der Waals surface area contributed by atoms with Gasteiger partial charge in [0, 0.05) is 0 Å². The van der Waals surface area contributed by atoms with Gasteiger partial charge in [0.1, 0.15) is 6.04 Å². The predicted molar refractivity (Wildman–Crippen MR) is 61.6 cm³/mol. The second kappa shape index (κ2) is 6.13. The molecular formula is C10H7Cl2F8N. The van der Waals surface area contributed by atoms with Crippen LogP contribution >= 0.6 is 24.0 Å². The first-order valence-corrected chi connectivity index (χ1v) is 5.23. The van der Waals surface area contributed by atoms with Crippen LogP contribution in [0.4, 0.5) is 35.1 Å². The molecule has 0 aliphatic carbocycles. The topological polar surface area (TPSA) is 26.0 Å². The zero-order valence-corrected chi connectivity index (χ0v) is 11.3. The Morgan fingerprint density at radius 2 is 1.43 bits per heavy atom. The fourth-order valence-corrected chi connectivity index (χ4v) is 1.64. The highest BCUT2D eigenvalue weighted by Crippen LogP contribution is 2.44. The Hall–Kier alpha value is -0.800. The SMILES string of the molecule is Cl.N[C@@H](c1ccc(C(F)(F)F)c(Cl)c1)C(F)(F)C(F)(F)F. The van der Waals surface area contributed by atoms with Crippen LogP contribution in [0.25, 0.3) is 0 Å². The molecule has 0 bridgehead atoms. The van der Waals surface area contributed by atoms with Crippen molar-refractivity contribution in [3.8, 4) is 0 Å². The van der Waals surface area contributed by atoms with Crippen LogP contribution in [0.5, 0.6) is 0 Å². The highest BCUT2D eigenvalue weighted by atomic mass is 35.5. The lowest BCUT2D eigenvalue weighted by molar-refractivity contribution is -0.291. The zero-order chi connectivity index (χ0) is 15.9. The van der Waals surface area contributed by atoms with Crippen LogP contribution in [-0.4, -0.2) is 12.1 Å². The monoisotopic (exact) mass is 363 g/mol. The number of hydrogen-bond acceptors (Lipinski definition) is 1. The van der Waals surface area contributed by atoms with Crippen LogP contribution in [0.3, 0.4) is 0 Å². The second-order valence-electron chi connectivity index (χ2n) is 3.84. The Labute approximate surface area is 124 Å². The molecule has 0 fully saturated rings. The quantitative estimate of drug-likeness (QED) is 0.737. The third kappa shape index (κ3) is 4.10. The lowest BCUT2D eigenvalue weighted by Gasteiger charge is -2.26. The van der Waals surface area contributed by atoms with E-state index in [1.807, 2.05) is 0 Å². The van der Waals surface area contributed by atoms with E-state index in [0.717, 1.165) is 0 Å². The lowest BCUT2D eigenvalue weighted by atomic mass is 9.99. The summed E-state index contributed by atoms with van der Waals surface area (Å²) >= 11 is 5.22. The summed E-state index contributed by atoms with van der Waals surface area (Å²) in [5.41, 5.74) is 2.56. The molecule has 0 spiro atoms. The summed E-state index contributed by atoms with van der Waals surface area (Å²) in [5, 5.41) is -1.01. The van der Waals surface area contributed by atoms with Gasteiger partial charge in [-0.15, -0.1) is 12.4 Å². The Balaban J connectivity index is 0.00000400. The molecule has 0 aliphatic heterocycles.